The SMILES string of the molecule is C=COCCCCCCCCC(CCC)(OCC1CO1)C1CCCCC1. The average molecular weight is 367 g/mol. The number of rotatable bonds is 16. The molecule has 0 aromatic heterocycles. The maximum Gasteiger partial charge on any atom is 0.104 e. The maximum absolute atomic E-state index is 6.65. The second-order valence-corrected chi connectivity index (χ2v) is 8.32. The van der Waals surface area contributed by atoms with Gasteiger partial charge in [0.15, 0.2) is 0 Å². The number of epoxide rings is 1. The highest BCUT2D eigenvalue weighted by Gasteiger charge is 2.40. The molecule has 1 aliphatic carbocycles. The van der Waals surface area contributed by atoms with E-state index in [1.807, 2.05) is 0 Å². The lowest BCUT2D eigenvalue weighted by Crippen LogP contribution is -2.43. The first-order chi connectivity index (χ1) is 12.8. The Kier molecular flexibility index (Phi) is 10.7. The normalized spacial score (nSPS) is 22.7. The van der Waals surface area contributed by atoms with Crippen LogP contribution in [0.15, 0.2) is 12.8 Å². The van der Waals surface area contributed by atoms with Crippen LogP contribution in [-0.2, 0) is 14.2 Å². The Labute approximate surface area is 161 Å². The molecule has 0 spiro atoms. The number of hydrogen-bond donors (Lipinski definition) is 0. The van der Waals surface area contributed by atoms with E-state index < -0.39 is 0 Å². The predicted octanol–water partition coefficient (Wildman–Crippen LogP) is 6.41. The van der Waals surface area contributed by atoms with Crippen molar-refractivity contribution in [1.29, 1.82) is 0 Å². The van der Waals surface area contributed by atoms with Crippen molar-refractivity contribution < 1.29 is 14.2 Å². The fourth-order valence-electron chi connectivity index (χ4n) is 4.67. The molecule has 2 unspecified atom stereocenters. The molecule has 0 radical (unpaired) electrons. The first kappa shape index (κ1) is 21.8. The summed E-state index contributed by atoms with van der Waals surface area (Å²) >= 11 is 0. The average Bonchev–Trinajstić information content (AvgIpc) is 3.50. The fourth-order valence-corrected chi connectivity index (χ4v) is 4.67. The van der Waals surface area contributed by atoms with E-state index in [9.17, 15) is 0 Å². The Morgan fingerprint density at radius 2 is 1.69 bits per heavy atom. The number of unbranched alkanes of at least 4 members (excludes halogenated alkanes) is 5. The van der Waals surface area contributed by atoms with Crippen molar-refractivity contribution in [2.45, 2.75) is 109 Å². The van der Waals surface area contributed by atoms with Crippen LogP contribution in [-0.4, -0.2) is 31.5 Å². The van der Waals surface area contributed by atoms with Gasteiger partial charge >= 0.3 is 0 Å². The molecule has 1 heterocycles. The van der Waals surface area contributed by atoms with Crippen molar-refractivity contribution in [3.05, 3.63) is 12.8 Å². The summed E-state index contributed by atoms with van der Waals surface area (Å²) in [5.74, 6) is 0.769. The molecule has 26 heavy (non-hydrogen) atoms. The fraction of sp³-hybridized carbons (Fsp3) is 0.913. The van der Waals surface area contributed by atoms with Crippen molar-refractivity contribution in [2.75, 3.05) is 19.8 Å². The molecule has 0 bridgehead atoms. The van der Waals surface area contributed by atoms with Gasteiger partial charge in [0.05, 0.1) is 31.7 Å². The molecule has 2 rings (SSSR count). The molecule has 2 aliphatic rings. The van der Waals surface area contributed by atoms with Gasteiger partial charge in [-0.2, -0.15) is 0 Å². The Morgan fingerprint density at radius 3 is 2.35 bits per heavy atom. The first-order valence-corrected chi connectivity index (χ1v) is 11.3. The van der Waals surface area contributed by atoms with Crippen molar-refractivity contribution >= 4 is 0 Å². The molecule has 1 saturated heterocycles. The topological polar surface area (TPSA) is 31.0 Å². The third kappa shape index (κ3) is 8.00. The van der Waals surface area contributed by atoms with E-state index in [-0.39, 0.29) is 5.60 Å². The second-order valence-electron chi connectivity index (χ2n) is 8.32. The summed E-state index contributed by atoms with van der Waals surface area (Å²) in [6.07, 6.45) is 20.3. The molecular formula is C23H42O3. The summed E-state index contributed by atoms with van der Waals surface area (Å²) < 4.78 is 17.3. The van der Waals surface area contributed by atoms with Crippen molar-refractivity contribution in [3.8, 4) is 0 Å². The van der Waals surface area contributed by atoms with Gasteiger partial charge in [-0.25, -0.2) is 0 Å². The molecule has 0 N–H and O–H groups in total. The molecular weight excluding hydrogens is 324 g/mol. The maximum atomic E-state index is 6.65. The monoisotopic (exact) mass is 366 g/mol. The minimum absolute atomic E-state index is 0.124. The Bertz CT molecular complexity index is 360. The molecule has 3 nitrogen and oxygen atoms in total. The molecule has 0 aromatic carbocycles. The predicted molar refractivity (Wildman–Crippen MR) is 108 cm³/mol. The zero-order valence-electron chi connectivity index (χ0n) is 17.2. The minimum atomic E-state index is 0.124. The molecule has 2 fully saturated rings. The standard InChI is InChI=1S/C23H42O3/c1-3-16-23(26-20-22-19-25-22,21-14-10-9-11-15-21)17-12-7-5-6-8-13-18-24-4-2/h4,21-22H,2-3,5-20H2,1H3. The summed E-state index contributed by atoms with van der Waals surface area (Å²) in [7, 11) is 0. The lowest BCUT2D eigenvalue weighted by Gasteiger charge is -2.43. The van der Waals surface area contributed by atoms with E-state index in [1.54, 1.807) is 6.26 Å². The molecule has 1 saturated carbocycles. The van der Waals surface area contributed by atoms with Crippen LogP contribution in [0.25, 0.3) is 0 Å². The highest BCUT2D eigenvalue weighted by molar-refractivity contribution is 4.91. The quantitative estimate of drug-likeness (QED) is 0.180. The van der Waals surface area contributed by atoms with Gasteiger partial charge in [0.2, 0.25) is 0 Å². The van der Waals surface area contributed by atoms with Gasteiger partial charge in [-0.05, 0) is 38.0 Å². The minimum Gasteiger partial charge on any atom is -0.502 e. The summed E-state index contributed by atoms with van der Waals surface area (Å²) in [6, 6.07) is 0. The van der Waals surface area contributed by atoms with Crippen LogP contribution in [0.4, 0.5) is 0 Å². The van der Waals surface area contributed by atoms with E-state index in [0.717, 1.165) is 32.2 Å². The molecule has 1 aliphatic heterocycles. The highest BCUT2D eigenvalue weighted by atomic mass is 16.6. The zero-order valence-corrected chi connectivity index (χ0v) is 17.2. The van der Waals surface area contributed by atoms with Crippen LogP contribution in [0.2, 0.25) is 0 Å². The smallest absolute Gasteiger partial charge is 0.104 e. The summed E-state index contributed by atoms with van der Waals surface area (Å²) in [4.78, 5) is 0. The lowest BCUT2D eigenvalue weighted by atomic mass is 9.72. The van der Waals surface area contributed by atoms with Crippen LogP contribution in [0, 0.1) is 5.92 Å². The largest absolute Gasteiger partial charge is 0.502 e. The second kappa shape index (κ2) is 12.8. The third-order valence-corrected chi connectivity index (χ3v) is 6.21. The van der Waals surface area contributed by atoms with E-state index in [2.05, 4.69) is 13.5 Å². The van der Waals surface area contributed by atoms with E-state index >= 15 is 0 Å². The van der Waals surface area contributed by atoms with Gasteiger partial charge in [0, 0.05) is 0 Å². The zero-order chi connectivity index (χ0) is 18.5. The van der Waals surface area contributed by atoms with Crippen LogP contribution < -0.4 is 0 Å². The summed E-state index contributed by atoms with van der Waals surface area (Å²) in [5.41, 5.74) is 0.124. The van der Waals surface area contributed by atoms with Gasteiger partial charge in [-0.1, -0.05) is 71.3 Å². The van der Waals surface area contributed by atoms with Crippen molar-refractivity contribution in [3.63, 3.8) is 0 Å². The Morgan fingerprint density at radius 1 is 1.00 bits per heavy atom. The van der Waals surface area contributed by atoms with Crippen LogP contribution in [0.5, 0.6) is 0 Å². The molecule has 3 heteroatoms. The van der Waals surface area contributed by atoms with Gasteiger partial charge in [-0.3, -0.25) is 0 Å². The van der Waals surface area contributed by atoms with Gasteiger partial charge in [-0.15, -0.1) is 0 Å². The van der Waals surface area contributed by atoms with Crippen LogP contribution in [0.1, 0.15) is 96.8 Å². The van der Waals surface area contributed by atoms with Gasteiger partial charge < -0.3 is 14.2 Å². The van der Waals surface area contributed by atoms with Crippen LogP contribution >= 0.6 is 0 Å². The highest BCUT2D eigenvalue weighted by Crippen LogP contribution is 2.42. The van der Waals surface area contributed by atoms with Crippen molar-refractivity contribution in [2.24, 2.45) is 5.92 Å². The molecule has 0 aromatic rings. The number of hydrogen-bond acceptors (Lipinski definition) is 3. The lowest BCUT2D eigenvalue weighted by molar-refractivity contribution is -0.113. The van der Waals surface area contributed by atoms with Crippen molar-refractivity contribution in [1.82, 2.24) is 0 Å². The third-order valence-electron chi connectivity index (χ3n) is 6.21. The Balaban J connectivity index is 1.73. The Hall–Kier alpha value is -0.540. The van der Waals surface area contributed by atoms with Gasteiger partial charge in [0.25, 0.3) is 0 Å². The molecule has 2 atom stereocenters. The van der Waals surface area contributed by atoms with Crippen LogP contribution in [0.3, 0.4) is 0 Å². The van der Waals surface area contributed by atoms with E-state index in [1.165, 1.54) is 83.5 Å². The summed E-state index contributed by atoms with van der Waals surface area (Å²) in [5, 5.41) is 0. The van der Waals surface area contributed by atoms with E-state index in [4.69, 9.17) is 14.2 Å². The van der Waals surface area contributed by atoms with E-state index in [0.29, 0.717) is 6.10 Å². The summed E-state index contributed by atoms with van der Waals surface area (Å²) in [6.45, 7) is 8.45. The first-order valence-electron chi connectivity index (χ1n) is 11.3. The number of ether oxygens (including phenoxy) is 3. The molecule has 0 amide bonds. The molecule has 152 valence electrons. The van der Waals surface area contributed by atoms with Gasteiger partial charge in [0.1, 0.15) is 6.10 Å².